The third kappa shape index (κ3) is 5.07. The molecule has 3 heterocycles. The van der Waals surface area contributed by atoms with E-state index in [1.807, 2.05) is 36.5 Å². The van der Waals surface area contributed by atoms with E-state index in [1.165, 1.54) is 4.52 Å². The van der Waals surface area contributed by atoms with Crippen molar-refractivity contribution in [3.63, 3.8) is 0 Å². The van der Waals surface area contributed by atoms with Crippen LogP contribution in [0.3, 0.4) is 0 Å². The molecule has 1 aliphatic carbocycles. The molecule has 0 aliphatic heterocycles. The number of hydrogen-bond donors (Lipinski definition) is 2. The summed E-state index contributed by atoms with van der Waals surface area (Å²) in [5.41, 5.74) is 8.60. The minimum Gasteiger partial charge on any atom is -0.382 e. The number of anilines is 1. The second-order valence-electron chi connectivity index (χ2n) is 9.98. The fraction of sp³-hybridized carbons (Fsp3) is 0.407. The van der Waals surface area contributed by atoms with E-state index in [4.69, 9.17) is 20.2 Å². The third-order valence-electron chi connectivity index (χ3n) is 7.44. The summed E-state index contributed by atoms with van der Waals surface area (Å²) in [5.74, 6) is -0.457. The minimum absolute atomic E-state index is 0.00341. The Labute approximate surface area is 232 Å². The predicted molar refractivity (Wildman–Crippen MR) is 149 cm³/mol. The average molecular weight is 568 g/mol. The van der Waals surface area contributed by atoms with Crippen LogP contribution in [-0.4, -0.2) is 77.9 Å². The van der Waals surface area contributed by atoms with Crippen molar-refractivity contribution in [2.24, 2.45) is 0 Å². The van der Waals surface area contributed by atoms with Crippen LogP contribution in [0.2, 0.25) is 0 Å². The number of fused-ring (bicyclic) bond motifs is 1. The molecule has 4 aromatic rings. The van der Waals surface area contributed by atoms with Gasteiger partial charge < -0.3 is 20.5 Å². The number of nitrogens with one attached hydrogen (secondary N) is 1. The summed E-state index contributed by atoms with van der Waals surface area (Å²) in [6, 6.07) is 9.68. The molecule has 0 spiro atoms. The highest BCUT2D eigenvalue weighted by atomic mass is 32.2. The molecule has 3 aromatic heterocycles. The van der Waals surface area contributed by atoms with E-state index in [9.17, 15) is 13.2 Å². The number of aromatic nitrogens is 5. The number of benzene rings is 1. The molecule has 0 radical (unpaired) electrons. The number of amides is 1. The van der Waals surface area contributed by atoms with Crippen LogP contribution in [-0.2, 0) is 24.1 Å². The lowest BCUT2D eigenvalue weighted by molar-refractivity contribution is -0.154. The summed E-state index contributed by atoms with van der Waals surface area (Å²) in [5, 5.41) is 11.6. The zero-order valence-corrected chi connectivity index (χ0v) is 23.5. The van der Waals surface area contributed by atoms with Gasteiger partial charge in [0, 0.05) is 43.7 Å². The van der Waals surface area contributed by atoms with E-state index in [2.05, 4.69) is 15.5 Å². The molecule has 0 unspecified atom stereocenters. The number of nitrogen functional groups attached to an aromatic ring is 1. The lowest BCUT2D eigenvalue weighted by Gasteiger charge is -2.38. The van der Waals surface area contributed by atoms with Gasteiger partial charge in [-0.1, -0.05) is 18.2 Å². The van der Waals surface area contributed by atoms with Gasteiger partial charge in [-0.2, -0.15) is 14.7 Å². The van der Waals surface area contributed by atoms with Gasteiger partial charge >= 0.3 is 0 Å². The fourth-order valence-electron chi connectivity index (χ4n) is 5.40. The zero-order chi connectivity index (χ0) is 28.5. The normalized spacial score (nSPS) is 19.6. The third-order valence-corrected chi connectivity index (χ3v) is 8.60. The summed E-state index contributed by atoms with van der Waals surface area (Å²) < 4.78 is 40.2. The Morgan fingerprint density at radius 1 is 1.15 bits per heavy atom. The molecular weight excluding hydrogens is 534 g/mol. The fourth-order valence-corrected chi connectivity index (χ4v) is 6.46. The van der Waals surface area contributed by atoms with Crippen LogP contribution in [0.1, 0.15) is 37.3 Å². The lowest BCUT2D eigenvalue weighted by Crippen LogP contribution is -2.50. The molecule has 1 aromatic carbocycles. The van der Waals surface area contributed by atoms with Crippen LogP contribution in [0.5, 0.6) is 0 Å². The molecule has 0 bridgehead atoms. The minimum atomic E-state index is -3.75. The first-order valence-corrected chi connectivity index (χ1v) is 14.9. The molecule has 0 saturated heterocycles. The maximum atomic E-state index is 13.0. The first kappa shape index (κ1) is 27.7. The summed E-state index contributed by atoms with van der Waals surface area (Å²) in [7, 11) is -0.601. The Hall–Kier alpha value is -3.81. The lowest BCUT2D eigenvalue weighted by atomic mass is 9.76. The SMILES string of the molecule is CNC(=O)[C@]1(OCCOC)CC[C@@H](c2nc3c(-c4cnn(-c5ccccc5)c4)cnn3c(N)c2S(C)(=O)=O)CC1. The van der Waals surface area contributed by atoms with Crippen LogP contribution in [0.4, 0.5) is 5.82 Å². The van der Waals surface area contributed by atoms with Crippen LogP contribution in [0.15, 0.2) is 53.8 Å². The van der Waals surface area contributed by atoms with Crippen LogP contribution in [0.25, 0.3) is 22.5 Å². The van der Waals surface area contributed by atoms with E-state index in [0.717, 1.165) is 17.5 Å². The van der Waals surface area contributed by atoms with Gasteiger partial charge in [-0.05, 0) is 37.8 Å². The monoisotopic (exact) mass is 567 g/mol. The second-order valence-corrected chi connectivity index (χ2v) is 11.9. The Bertz CT molecular complexity index is 1620. The number of ether oxygens (including phenoxy) is 2. The molecule has 5 rings (SSSR count). The number of likely N-dealkylation sites (N-methyl/N-ethyl adjacent to an activating group) is 1. The molecule has 1 saturated carbocycles. The van der Waals surface area contributed by atoms with Crippen molar-refractivity contribution in [1.82, 2.24) is 29.7 Å². The quantitative estimate of drug-likeness (QED) is 0.290. The number of carbonyl (C=O) groups excluding carboxylic acids is 1. The highest BCUT2D eigenvalue weighted by Gasteiger charge is 2.44. The molecular formula is C27H33N7O5S. The molecule has 212 valence electrons. The van der Waals surface area contributed by atoms with E-state index >= 15 is 0 Å². The van der Waals surface area contributed by atoms with Crippen LogP contribution >= 0.6 is 0 Å². The van der Waals surface area contributed by atoms with Crippen molar-refractivity contribution in [3.05, 3.63) is 54.6 Å². The van der Waals surface area contributed by atoms with Crippen LogP contribution < -0.4 is 11.1 Å². The maximum Gasteiger partial charge on any atom is 0.251 e. The van der Waals surface area contributed by atoms with Crippen molar-refractivity contribution in [2.75, 3.05) is 39.4 Å². The predicted octanol–water partition coefficient (Wildman–Crippen LogP) is 2.37. The van der Waals surface area contributed by atoms with Gasteiger partial charge in [0.15, 0.2) is 15.5 Å². The standard InChI is InChI=1S/C27H33N7O5S/c1-29-26(35)27(39-14-13-38-2)11-9-18(10-12-27)22-23(40(3,36)37)24(28)34-25(32-22)21(16-31-34)19-15-30-33(17-19)20-7-5-4-6-8-20/h4-8,15-18H,9-14,28H2,1-3H3,(H,29,35)/t18-,27+. The smallest absolute Gasteiger partial charge is 0.251 e. The molecule has 0 atom stereocenters. The Kier molecular flexibility index (Phi) is 7.62. The average Bonchev–Trinajstić information content (AvgIpc) is 3.60. The molecule has 40 heavy (non-hydrogen) atoms. The van der Waals surface area contributed by atoms with E-state index in [-0.39, 0.29) is 29.1 Å². The number of nitrogens with zero attached hydrogens (tertiary/aromatic N) is 5. The summed E-state index contributed by atoms with van der Waals surface area (Å²) >= 11 is 0. The highest BCUT2D eigenvalue weighted by Crippen LogP contribution is 2.43. The van der Waals surface area contributed by atoms with Gasteiger partial charge in [0.1, 0.15) is 16.3 Å². The first-order chi connectivity index (χ1) is 19.2. The molecule has 1 aliphatic rings. The van der Waals surface area contributed by atoms with Gasteiger partial charge in [-0.3, -0.25) is 4.79 Å². The van der Waals surface area contributed by atoms with Crippen molar-refractivity contribution >= 4 is 27.2 Å². The number of carbonyl (C=O) groups is 1. The largest absolute Gasteiger partial charge is 0.382 e. The summed E-state index contributed by atoms with van der Waals surface area (Å²) in [4.78, 5) is 17.7. The molecule has 1 fully saturated rings. The number of nitrogens with two attached hydrogens (primary N) is 1. The van der Waals surface area contributed by atoms with E-state index < -0.39 is 15.4 Å². The van der Waals surface area contributed by atoms with Gasteiger partial charge in [0.2, 0.25) is 0 Å². The Morgan fingerprint density at radius 2 is 1.88 bits per heavy atom. The Balaban J connectivity index is 1.54. The zero-order valence-electron chi connectivity index (χ0n) is 22.7. The van der Waals surface area contributed by atoms with Gasteiger partial charge in [-0.25, -0.2) is 18.1 Å². The van der Waals surface area contributed by atoms with Crippen molar-refractivity contribution < 1.29 is 22.7 Å². The van der Waals surface area contributed by atoms with E-state index in [1.54, 1.807) is 31.2 Å². The number of hydrogen-bond acceptors (Lipinski definition) is 9. The van der Waals surface area contributed by atoms with E-state index in [0.29, 0.717) is 49.2 Å². The van der Waals surface area contributed by atoms with Gasteiger partial charge in [0.25, 0.3) is 5.91 Å². The van der Waals surface area contributed by atoms with Gasteiger partial charge in [0.05, 0.1) is 37.0 Å². The molecule has 12 nitrogen and oxygen atoms in total. The topological polar surface area (TPSA) is 156 Å². The molecule has 1 amide bonds. The molecule has 3 N–H and O–H groups in total. The summed E-state index contributed by atoms with van der Waals surface area (Å²) in [6.45, 7) is 0.635. The summed E-state index contributed by atoms with van der Waals surface area (Å²) in [6.07, 6.45) is 8.07. The first-order valence-electron chi connectivity index (χ1n) is 13.0. The maximum absolute atomic E-state index is 13.0. The second kappa shape index (κ2) is 11.0. The van der Waals surface area contributed by atoms with Crippen molar-refractivity contribution in [3.8, 4) is 16.8 Å². The number of para-hydroxylation sites is 1. The van der Waals surface area contributed by atoms with Crippen molar-refractivity contribution in [1.29, 1.82) is 0 Å². The van der Waals surface area contributed by atoms with Crippen LogP contribution in [0, 0.1) is 0 Å². The number of rotatable bonds is 9. The number of sulfone groups is 1. The highest BCUT2D eigenvalue weighted by molar-refractivity contribution is 7.91. The van der Waals surface area contributed by atoms with Gasteiger partial charge in [-0.15, -0.1) is 0 Å². The van der Waals surface area contributed by atoms with Crippen molar-refractivity contribution in [2.45, 2.75) is 42.1 Å². The Morgan fingerprint density at radius 3 is 2.52 bits per heavy atom. The molecule has 13 heteroatoms. The number of methoxy groups -OCH3 is 1.